The fourth-order valence-electron chi connectivity index (χ4n) is 2.07. The molecule has 0 spiro atoms. The van der Waals surface area contributed by atoms with Gasteiger partial charge in [0.1, 0.15) is 0 Å². The molecule has 1 aliphatic carbocycles. The minimum absolute atomic E-state index is 0.0905. The Kier molecular flexibility index (Phi) is 4.31. The monoisotopic (exact) mass is 314 g/mol. The Bertz CT molecular complexity index is 447. The van der Waals surface area contributed by atoms with E-state index in [9.17, 15) is 10.1 Å². The van der Waals surface area contributed by atoms with E-state index in [0.717, 1.165) is 29.4 Å². The van der Waals surface area contributed by atoms with Crippen LogP contribution >= 0.6 is 15.9 Å². The maximum absolute atomic E-state index is 10.6. The third-order valence-electron chi connectivity index (χ3n) is 3.21. The summed E-state index contributed by atoms with van der Waals surface area (Å²) in [4.78, 5) is 10.2. The molecular weight excluding hydrogens is 300 g/mol. The number of aliphatic hydroxyl groups excluding tert-OH is 1. The number of rotatable bonds is 5. The van der Waals surface area contributed by atoms with Crippen molar-refractivity contribution in [2.75, 3.05) is 6.54 Å². The van der Waals surface area contributed by atoms with E-state index in [1.165, 1.54) is 12.1 Å². The number of non-ortho nitro benzene ring substituents is 1. The predicted molar refractivity (Wildman–Crippen MR) is 71.2 cm³/mol. The van der Waals surface area contributed by atoms with Gasteiger partial charge in [-0.1, -0.05) is 15.9 Å². The van der Waals surface area contributed by atoms with Crippen LogP contribution in [0.3, 0.4) is 0 Å². The van der Waals surface area contributed by atoms with Crippen molar-refractivity contribution in [1.82, 2.24) is 5.32 Å². The number of nitro groups is 1. The first-order valence-electron chi connectivity index (χ1n) is 5.88. The zero-order valence-electron chi connectivity index (χ0n) is 9.80. The van der Waals surface area contributed by atoms with Gasteiger partial charge in [0.15, 0.2) is 0 Å². The number of hydrogen-bond acceptors (Lipinski definition) is 4. The lowest BCUT2D eigenvalue weighted by Gasteiger charge is -2.31. The molecule has 0 radical (unpaired) electrons. The molecule has 0 aliphatic heterocycles. The number of aliphatic hydroxyl groups is 1. The van der Waals surface area contributed by atoms with E-state index in [-0.39, 0.29) is 11.8 Å². The third-order valence-corrected chi connectivity index (χ3v) is 3.94. The lowest BCUT2D eigenvalue weighted by Crippen LogP contribution is -2.35. The first-order chi connectivity index (χ1) is 8.56. The van der Waals surface area contributed by atoms with E-state index in [0.29, 0.717) is 12.5 Å². The Morgan fingerprint density at radius 1 is 1.50 bits per heavy atom. The van der Waals surface area contributed by atoms with Crippen molar-refractivity contribution in [1.29, 1.82) is 0 Å². The zero-order valence-corrected chi connectivity index (χ0v) is 11.4. The van der Waals surface area contributed by atoms with E-state index >= 15 is 0 Å². The average Bonchev–Trinajstić information content (AvgIpc) is 2.28. The molecule has 0 amide bonds. The van der Waals surface area contributed by atoms with Crippen molar-refractivity contribution < 1.29 is 10.0 Å². The van der Waals surface area contributed by atoms with Crippen LogP contribution in [0, 0.1) is 16.0 Å². The van der Waals surface area contributed by atoms with E-state index in [1.807, 2.05) is 0 Å². The first kappa shape index (κ1) is 13.5. The molecule has 98 valence electrons. The smallest absolute Gasteiger partial charge is 0.270 e. The van der Waals surface area contributed by atoms with Crippen LogP contribution in [0.25, 0.3) is 0 Å². The molecule has 1 aromatic rings. The van der Waals surface area contributed by atoms with Crippen molar-refractivity contribution in [3.63, 3.8) is 0 Å². The van der Waals surface area contributed by atoms with E-state index in [1.54, 1.807) is 6.07 Å². The van der Waals surface area contributed by atoms with Gasteiger partial charge in [0.2, 0.25) is 0 Å². The molecule has 0 unspecified atom stereocenters. The van der Waals surface area contributed by atoms with Gasteiger partial charge in [0.25, 0.3) is 5.69 Å². The van der Waals surface area contributed by atoms with Gasteiger partial charge in [-0.2, -0.15) is 0 Å². The van der Waals surface area contributed by atoms with Crippen molar-refractivity contribution in [3.8, 4) is 0 Å². The maximum Gasteiger partial charge on any atom is 0.270 e. The molecule has 0 atom stereocenters. The third kappa shape index (κ3) is 3.28. The summed E-state index contributed by atoms with van der Waals surface area (Å²) in [7, 11) is 0. The standard InChI is InChI=1S/C12H15BrN2O3/c13-12-5-10(15(17)18)2-1-9(12)7-14-6-8-3-11(16)4-8/h1-2,5,8,11,14,16H,3-4,6-7H2. The maximum atomic E-state index is 10.6. The van der Waals surface area contributed by atoms with Gasteiger partial charge in [0, 0.05) is 23.2 Å². The highest BCUT2D eigenvalue weighted by Crippen LogP contribution is 2.27. The van der Waals surface area contributed by atoms with Crippen LogP contribution in [-0.4, -0.2) is 22.7 Å². The van der Waals surface area contributed by atoms with Gasteiger partial charge >= 0.3 is 0 Å². The lowest BCUT2D eigenvalue weighted by atomic mass is 9.82. The van der Waals surface area contributed by atoms with Crippen LogP contribution < -0.4 is 5.32 Å². The molecule has 0 heterocycles. The summed E-state index contributed by atoms with van der Waals surface area (Å²) in [6.45, 7) is 1.55. The predicted octanol–water partition coefficient (Wildman–Crippen LogP) is 2.22. The van der Waals surface area contributed by atoms with Crippen molar-refractivity contribution in [2.24, 2.45) is 5.92 Å². The second kappa shape index (κ2) is 5.77. The number of nitrogens with zero attached hydrogens (tertiary/aromatic N) is 1. The van der Waals surface area contributed by atoms with Crippen molar-refractivity contribution in [3.05, 3.63) is 38.3 Å². The summed E-state index contributed by atoms with van der Waals surface area (Å²) in [6, 6.07) is 4.78. The summed E-state index contributed by atoms with van der Waals surface area (Å²) in [6.07, 6.45) is 1.62. The molecule has 18 heavy (non-hydrogen) atoms. The zero-order chi connectivity index (χ0) is 13.1. The van der Waals surface area contributed by atoms with Gasteiger partial charge in [0.05, 0.1) is 11.0 Å². The van der Waals surface area contributed by atoms with E-state index in [4.69, 9.17) is 5.11 Å². The first-order valence-corrected chi connectivity index (χ1v) is 6.67. The molecule has 0 bridgehead atoms. The Hall–Kier alpha value is -0.980. The number of hydrogen-bond donors (Lipinski definition) is 2. The van der Waals surface area contributed by atoms with Crippen molar-refractivity contribution in [2.45, 2.75) is 25.5 Å². The molecule has 0 saturated heterocycles. The van der Waals surface area contributed by atoms with Gasteiger partial charge < -0.3 is 10.4 Å². The summed E-state index contributed by atoms with van der Waals surface area (Å²) in [5.74, 6) is 0.553. The molecule has 6 heteroatoms. The van der Waals surface area contributed by atoms with Crippen LogP contribution in [0.1, 0.15) is 18.4 Å². The number of benzene rings is 1. The topological polar surface area (TPSA) is 75.4 Å². The molecule has 5 nitrogen and oxygen atoms in total. The van der Waals surface area contributed by atoms with Gasteiger partial charge in [-0.25, -0.2) is 0 Å². The van der Waals surface area contributed by atoms with Crippen LogP contribution in [-0.2, 0) is 6.54 Å². The summed E-state index contributed by atoms with van der Waals surface area (Å²) >= 11 is 3.34. The largest absolute Gasteiger partial charge is 0.393 e. The molecule has 1 aliphatic rings. The SMILES string of the molecule is O=[N+]([O-])c1ccc(CNCC2CC(O)C2)c(Br)c1. The molecule has 2 N–H and O–H groups in total. The summed E-state index contributed by atoms with van der Waals surface area (Å²) in [5.41, 5.74) is 1.09. The van der Waals surface area contributed by atoms with Crippen LogP contribution in [0.5, 0.6) is 0 Å². The molecule has 2 rings (SSSR count). The van der Waals surface area contributed by atoms with Crippen LogP contribution in [0.15, 0.2) is 22.7 Å². The Balaban J connectivity index is 1.84. The quantitative estimate of drug-likeness (QED) is 0.645. The van der Waals surface area contributed by atoms with Crippen LogP contribution in [0.4, 0.5) is 5.69 Å². The van der Waals surface area contributed by atoms with Crippen LogP contribution in [0.2, 0.25) is 0 Å². The highest BCUT2D eigenvalue weighted by atomic mass is 79.9. The molecule has 1 aromatic carbocycles. The van der Waals surface area contributed by atoms with Crippen molar-refractivity contribution >= 4 is 21.6 Å². The van der Waals surface area contributed by atoms with Gasteiger partial charge in [-0.05, 0) is 36.9 Å². The van der Waals surface area contributed by atoms with Gasteiger partial charge in [-0.15, -0.1) is 0 Å². The van der Waals surface area contributed by atoms with E-state index < -0.39 is 4.92 Å². The number of nitrogens with one attached hydrogen (secondary N) is 1. The summed E-state index contributed by atoms with van der Waals surface area (Å²) < 4.78 is 0.748. The number of halogens is 1. The Labute approximate surface area is 113 Å². The second-order valence-corrected chi connectivity index (χ2v) is 5.51. The Morgan fingerprint density at radius 2 is 2.22 bits per heavy atom. The molecular formula is C12H15BrN2O3. The highest BCUT2D eigenvalue weighted by Gasteiger charge is 2.26. The minimum Gasteiger partial charge on any atom is -0.393 e. The lowest BCUT2D eigenvalue weighted by molar-refractivity contribution is -0.384. The molecule has 1 fully saturated rings. The Morgan fingerprint density at radius 3 is 2.78 bits per heavy atom. The fraction of sp³-hybridized carbons (Fsp3) is 0.500. The molecule has 1 saturated carbocycles. The second-order valence-electron chi connectivity index (χ2n) is 4.65. The van der Waals surface area contributed by atoms with E-state index in [2.05, 4.69) is 21.2 Å². The van der Waals surface area contributed by atoms with Gasteiger partial charge in [-0.3, -0.25) is 10.1 Å². The molecule has 0 aromatic heterocycles. The summed E-state index contributed by atoms with van der Waals surface area (Å²) in [5, 5.41) is 23.1. The highest BCUT2D eigenvalue weighted by molar-refractivity contribution is 9.10. The number of nitro benzene ring substituents is 1. The minimum atomic E-state index is -0.405. The average molecular weight is 315 g/mol. The normalized spacial score (nSPS) is 22.6. The fourth-order valence-corrected chi connectivity index (χ4v) is 2.58.